The van der Waals surface area contributed by atoms with Gasteiger partial charge < -0.3 is 9.69 Å². The molecule has 0 amide bonds. The molecule has 0 saturated carbocycles. The lowest BCUT2D eigenvalue weighted by Crippen LogP contribution is -2.40. The zero-order chi connectivity index (χ0) is 11.5. The molecule has 1 heterocycles. The van der Waals surface area contributed by atoms with Crippen molar-refractivity contribution in [1.29, 1.82) is 0 Å². The third kappa shape index (κ3) is 3.94. The molecule has 1 unspecified atom stereocenters. The average molecular weight is 211 g/mol. The van der Waals surface area contributed by atoms with Crippen LogP contribution in [0.4, 0.5) is 0 Å². The second-order valence-corrected chi connectivity index (χ2v) is 6.05. The lowest BCUT2D eigenvalue weighted by Gasteiger charge is -2.39. The Kier molecular flexibility index (Phi) is 4.32. The monoisotopic (exact) mass is 211 g/mol. The van der Waals surface area contributed by atoms with Crippen molar-refractivity contribution in [3.05, 3.63) is 0 Å². The lowest BCUT2D eigenvalue weighted by atomic mass is 9.75. The zero-order valence-corrected chi connectivity index (χ0v) is 10.6. The zero-order valence-electron chi connectivity index (χ0n) is 10.6. The minimum Gasteiger partial charge on any atom is -0.303 e. The van der Waals surface area contributed by atoms with Gasteiger partial charge in [0.25, 0.3) is 0 Å². The summed E-state index contributed by atoms with van der Waals surface area (Å²) in [6.45, 7) is 12.3. The summed E-state index contributed by atoms with van der Waals surface area (Å²) in [4.78, 5) is 13.0. The summed E-state index contributed by atoms with van der Waals surface area (Å²) in [5.74, 6) is 1.04. The number of piperidine rings is 1. The molecule has 0 spiro atoms. The minimum atomic E-state index is 0.191. The van der Waals surface area contributed by atoms with Crippen molar-refractivity contribution in [2.75, 3.05) is 19.6 Å². The number of aldehydes is 1. The molecule has 0 N–H and O–H groups in total. The molecular weight excluding hydrogens is 186 g/mol. The largest absolute Gasteiger partial charge is 0.303 e. The van der Waals surface area contributed by atoms with Crippen LogP contribution >= 0.6 is 0 Å². The van der Waals surface area contributed by atoms with Gasteiger partial charge in [0, 0.05) is 12.5 Å². The van der Waals surface area contributed by atoms with Crippen LogP contribution in [0.3, 0.4) is 0 Å². The van der Waals surface area contributed by atoms with Gasteiger partial charge in [-0.25, -0.2) is 0 Å². The standard InChI is InChI=1S/C13H25NO/c1-11(10-15)9-14-7-5-12(6-8-14)13(2,3)4/h10-12H,5-9H2,1-4H3. The van der Waals surface area contributed by atoms with E-state index in [9.17, 15) is 4.79 Å². The summed E-state index contributed by atoms with van der Waals surface area (Å²) in [5, 5.41) is 0. The molecule has 0 aromatic rings. The van der Waals surface area contributed by atoms with Crippen molar-refractivity contribution in [2.45, 2.75) is 40.5 Å². The van der Waals surface area contributed by atoms with E-state index >= 15 is 0 Å². The molecule has 1 fully saturated rings. The molecule has 0 aromatic carbocycles. The number of nitrogens with zero attached hydrogens (tertiary/aromatic N) is 1. The van der Waals surface area contributed by atoms with Gasteiger partial charge in [0.1, 0.15) is 6.29 Å². The van der Waals surface area contributed by atoms with Crippen molar-refractivity contribution in [2.24, 2.45) is 17.3 Å². The van der Waals surface area contributed by atoms with Crippen LogP contribution in [0, 0.1) is 17.3 Å². The van der Waals surface area contributed by atoms with Crippen LogP contribution in [0.5, 0.6) is 0 Å². The molecule has 1 aliphatic rings. The number of rotatable bonds is 3. The third-order valence-corrected chi connectivity index (χ3v) is 3.59. The van der Waals surface area contributed by atoms with Gasteiger partial charge in [-0.2, -0.15) is 0 Å². The fourth-order valence-electron chi connectivity index (χ4n) is 2.43. The molecule has 88 valence electrons. The first-order valence-electron chi connectivity index (χ1n) is 6.11. The van der Waals surface area contributed by atoms with E-state index in [2.05, 4.69) is 25.7 Å². The molecule has 2 nitrogen and oxygen atoms in total. The second-order valence-electron chi connectivity index (χ2n) is 6.05. The van der Waals surface area contributed by atoms with E-state index in [1.807, 2.05) is 6.92 Å². The number of hydrogen-bond donors (Lipinski definition) is 0. The molecule has 0 radical (unpaired) electrons. The third-order valence-electron chi connectivity index (χ3n) is 3.59. The smallest absolute Gasteiger partial charge is 0.124 e. The van der Waals surface area contributed by atoms with Crippen LogP contribution in [0.15, 0.2) is 0 Å². The van der Waals surface area contributed by atoms with Crippen molar-refractivity contribution in [1.82, 2.24) is 4.90 Å². The number of carbonyl (C=O) groups excluding carboxylic acids is 1. The summed E-state index contributed by atoms with van der Waals surface area (Å²) in [6.07, 6.45) is 3.64. The van der Waals surface area contributed by atoms with Gasteiger partial charge in [-0.1, -0.05) is 27.7 Å². The van der Waals surface area contributed by atoms with E-state index in [0.29, 0.717) is 5.41 Å². The SMILES string of the molecule is CC(C=O)CN1CCC(C(C)(C)C)CC1. The Labute approximate surface area is 94.0 Å². The van der Waals surface area contributed by atoms with Crippen molar-refractivity contribution < 1.29 is 4.79 Å². The predicted octanol–water partition coefficient (Wildman–Crippen LogP) is 2.58. The summed E-state index contributed by atoms with van der Waals surface area (Å²) in [7, 11) is 0. The van der Waals surface area contributed by atoms with Crippen LogP contribution in [-0.4, -0.2) is 30.8 Å². The number of hydrogen-bond acceptors (Lipinski definition) is 2. The quantitative estimate of drug-likeness (QED) is 0.669. The van der Waals surface area contributed by atoms with E-state index in [1.54, 1.807) is 0 Å². The Hall–Kier alpha value is -0.370. The van der Waals surface area contributed by atoms with Crippen molar-refractivity contribution >= 4 is 6.29 Å². The van der Waals surface area contributed by atoms with Crippen LogP contribution < -0.4 is 0 Å². The van der Waals surface area contributed by atoms with E-state index in [4.69, 9.17) is 0 Å². The first kappa shape index (κ1) is 12.7. The van der Waals surface area contributed by atoms with E-state index < -0.39 is 0 Å². The van der Waals surface area contributed by atoms with Crippen LogP contribution in [-0.2, 0) is 4.79 Å². The Morgan fingerprint density at radius 1 is 1.33 bits per heavy atom. The maximum Gasteiger partial charge on any atom is 0.124 e. The van der Waals surface area contributed by atoms with Crippen LogP contribution in [0.1, 0.15) is 40.5 Å². The normalized spacial score (nSPS) is 22.7. The Balaban J connectivity index is 2.33. The lowest BCUT2D eigenvalue weighted by molar-refractivity contribution is -0.111. The number of likely N-dealkylation sites (tertiary alicyclic amines) is 1. The first-order chi connectivity index (χ1) is 6.93. The van der Waals surface area contributed by atoms with Gasteiger partial charge in [-0.05, 0) is 37.3 Å². The van der Waals surface area contributed by atoms with Crippen molar-refractivity contribution in [3.63, 3.8) is 0 Å². The predicted molar refractivity (Wildman–Crippen MR) is 63.8 cm³/mol. The molecule has 1 saturated heterocycles. The molecule has 1 aliphatic heterocycles. The highest BCUT2D eigenvalue weighted by molar-refractivity contribution is 5.52. The number of carbonyl (C=O) groups is 1. The molecular formula is C13H25NO. The summed E-state index contributed by atoms with van der Waals surface area (Å²) >= 11 is 0. The van der Waals surface area contributed by atoms with Crippen LogP contribution in [0.2, 0.25) is 0 Å². The van der Waals surface area contributed by atoms with E-state index in [0.717, 1.165) is 18.7 Å². The fraction of sp³-hybridized carbons (Fsp3) is 0.923. The van der Waals surface area contributed by atoms with E-state index in [1.165, 1.54) is 25.9 Å². The molecule has 2 heteroatoms. The highest BCUT2D eigenvalue weighted by atomic mass is 16.1. The topological polar surface area (TPSA) is 20.3 Å². The molecule has 1 rings (SSSR count). The molecule has 15 heavy (non-hydrogen) atoms. The van der Waals surface area contributed by atoms with E-state index in [-0.39, 0.29) is 5.92 Å². The van der Waals surface area contributed by atoms with Gasteiger partial charge in [0.05, 0.1) is 0 Å². The van der Waals surface area contributed by atoms with Gasteiger partial charge in [-0.3, -0.25) is 0 Å². The summed E-state index contributed by atoms with van der Waals surface area (Å²) < 4.78 is 0. The molecule has 0 bridgehead atoms. The Morgan fingerprint density at radius 3 is 2.27 bits per heavy atom. The summed E-state index contributed by atoms with van der Waals surface area (Å²) in [5.41, 5.74) is 0.447. The minimum absolute atomic E-state index is 0.191. The van der Waals surface area contributed by atoms with Crippen LogP contribution in [0.25, 0.3) is 0 Å². The highest BCUT2D eigenvalue weighted by Gasteiger charge is 2.28. The second kappa shape index (κ2) is 5.11. The maximum atomic E-state index is 10.6. The van der Waals surface area contributed by atoms with Gasteiger partial charge in [-0.15, -0.1) is 0 Å². The maximum absolute atomic E-state index is 10.6. The molecule has 0 aliphatic carbocycles. The van der Waals surface area contributed by atoms with Gasteiger partial charge in [0.2, 0.25) is 0 Å². The van der Waals surface area contributed by atoms with Gasteiger partial charge >= 0.3 is 0 Å². The van der Waals surface area contributed by atoms with Gasteiger partial charge in [0.15, 0.2) is 0 Å². The molecule has 0 aromatic heterocycles. The van der Waals surface area contributed by atoms with Crippen molar-refractivity contribution in [3.8, 4) is 0 Å². The highest BCUT2D eigenvalue weighted by Crippen LogP contribution is 2.34. The average Bonchev–Trinajstić information content (AvgIpc) is 2.17. The Morgan fingerprint density at radius 2 is 1.87 bits per heavy atom. The summed E-state index contributed by atoms with van der Waals surface area (Å²) in [6, 6.07) is 0. The molecule has 1 atom stereocenters. The first-order valence-corrected chi connectivity index (χ1v) is 6.11. The Bertz CT molecular complexity index is 199. The fourth-order valence-corrected chi connectivity index (χ4v) is 2.43.